The molecule has 100 valence electrons. The molecular formula is C13H10N4O3. The van der Waals surface area contributed by atoms with Gasteiger partial charge in [0.2, 0.25) is 0 Å². The number of benzene rings is 1. The van der Waals surface area contributed by atoms with Crippen molar-refractivity contribution in [2.45, 2.75) is 0 Å². The number of rotatable bonds is 3. The van der Waals surface area contributed by atoms with Gasteiger partial charge in [-0.05, 0) is 18.2 Å². The molecule has 0 aliphatic carbocycles. The molecule has 2 rings (SSSR count). The maximum Gasteiger partial charge on any atom is 0.275 e. The third kappa shape index (κ3) is 2.49. The molecule has 0 aliphatic heterocycles. The Labute approximate surface area is 114 Å². The van der Waals surface area contributed by atoms with Crippen molar-refractivity contribution in [3.05, 3.63) is 46.0 Å². The Bertz CT molecular complexity index is 722. The number of hydrogen-bond acceptors (Lipinski definition) is 6. The van der Waals surface area contributed by atoms with Gasteiger partial charge >= 0.3 is 0 Å². The quantitative estimate of drug-likeness (QED) is 0.674. The van der Waals surface area contributed by atoms with Crippen LogP contribution in [0.25, 0.3) is 11.3 Å². The lowest BCUT2D eigenvalue weighted by molar-refractivity contribution is -0.384. The first-order valence-electron chi connectivity index (χ1n) is 5.55. The third-order valence-corrected chi connectivity index (χ3v) is 2.65. The van der Waals surface area contributed by atoms with Crippen LogP contribution >= 0.6 is 0 Å². The van der Waals surface area contributed by atoms with Crippen molar-refractivity contribution in [3.8, 4) is 23.1 Å². The number of nitriles is 1. The molecule has 0 spiro atoms. The number of anilines is 1. The van der Waals surface area contributed by atoms with E-state index in [-0.39, 0.29) is 17.2 Å². The molecule has 0 aliphatic rings. The second-order valence-electron chi connectivity index (χ2n) is 3.92. The van der Waals surface area contributed by atoms with Gasteiger partial charge in [0.05, 0.1) is 35.4 Å². The standard InChI is InChI=1S/C13H10N4O3/c1-20-12-3-2-8(7-14)4-10(12)11-5-9(17(18)19)6-13(15)16-11/h2-6H,1H3,(H2,15,16). The number of aromatic nitrogens is 1. The highest BCUT2D eigenvalue weighted by molar-refractivity contribution is 5.72. The van der Waals surface area contributed by atoms with Gasteiger partial charge in [0, 0.05) is 11.6 Å². The number of nitrogens with zero attached hydrogens (tertiary/aromatic N) is 3. The summed E-state index contributed by atoms with van der Waals surface area (Å²) >= 11 is 0. The summed E-state index contributed by atoms with van der Waals surface area (Å²) in [5.41, 5.74) is 6.56. The number of ether oxygens (including phenoxy) is 1. The van der Waals surface area contributed by atoms with Gasteiger partial charge in [0.1, 0.15) is 11.6 Å². The van der Waals surface area contributed by atoms with Crippen molar-refractivity contribution < 1.29 is 9.66 Å². The molecule has 0 radical (unpaired) electrons. The number of nitro groups is 1. The smallest absolute Gasteiger partial charge is 0.275 e. The third-order valence-electron chi connectivity index (χ3n) is 2.65. The van der Waals surface area contributed by atoms with Gasteiger partial charge in [-0.3, -0.25) is 10.1 Å². The zero-order chi connectivity index (χ0) is 14.7. The van der Waals surface area contributed by atoms with E-state index in [2.05, 4.69) is 4.98 Å². The van der Waals surface area contributed by atoms with Crippen LogP contribution < -0.4 is 10.5 Å². The number of nitrogen functional groups attached to an aromatic ring is 1. The highest BCUT2D eigenvalue weighted by Gasteiger charge is 2.15. The van der Waals surface area contributed by atoms with E-state index >= 15 is 0 Å². The molecule has 2 N–H and O–H groups in total. The lowest BCUT2D eigenvalue weighted by Gasteiger charge is -2.08. The fourth-order valence-electron chi connectivity index (χ4n) is 1.76. The molecule has 0 saturated heterocycles. The van der Waals surface area contributed by atoms with Crippen LogP contribution in [0, 0.1) is 21.4 Å². The average Bonchev–Trinajstić information content (AvgIpc) is 2.45. The summed E-state index contributed by atoms with van der Waals surface area (Å²) in [6, 6.07) is 9.18. The van der Waals surface area contributed by atoms with Crippen molar-refractivity contribution >= 4 is 11.5 Å². The van der Waals surface area contributed by atoms with Gasteiger partial charge in [0.15, 0.2) is 0 Å². The SMILES string of the molecule is COc1ccc(C#N)cc1-c1cc([N+](=O)[O-])cc(N)n1. The lowest BCUT2D eigenvalue weighted by atomic mass is 10.1. The molecule has 1 aromatic heterocycles. The van der Waals surface area contributed by atoms with Gasteiger partial charge in [-0.15, -0.1) is 0 Å². The van der Waals surface area contributed by atoms with Crippen LogP contribution in [0.3, 0.4) is 0 Å². The summed E-state index contributed by atoms with van der Waals surface area (Å²) in [4.78, 5) is 14.4. The minimum absolute atomic E-state index is 0.0265. The predicted molar refractivity (Wildman–Crippen MR) is 72.0 cm³/mol. The van der Waals surface area contributed by atoms with E-state index in [4.69, 9.17) is 15.7 Å². The van der Waals surface area contributed by atoms with Gasteiger partial charge in [0.25, 0.3) is 5.69 Å². The molecule has 0 saturated carbocycles. The molecule has 7 nitrogen and oxygen atoms in total. The van der Waals surface area contributed by atoms with Gasteiger partial charge in [-0.1, -0.05) is 0 Å². The van der Waals surface area contributed by atoms with Crippen molar-refractivity contribution in [1.29, 1.82) is 5.26 Å². The minimum atomic E-state index is -0.553. The van der Waals surface area contributed by atoms with Crippen LogP contribution in [0.4, 0.5) is 11.5 Å². The Morgan fingerprint density at radius 3 is 2.75 bits per heavy atom. The summed E-state index contributed by atoms with van der Waals surface area (Å²) in [7, 11) is 1.46. The van der Waals surface area contributed by atoms with Crippen molar-refractivity contribution in [1.82, 2.24) is 4.98 Å². The van der Waals surface area contributed by atoms with Crippen LogP contribution in [0.1, 0.15) is 5.56 Å². The van der Waals surface area contributed by atoms with Crippen molar-refractivity contribution in [3.63, 3.8) is 0 Å². The fraction of sp³-hybridized carbons (Fsp3) is 0.0769. The Hall–Kier alpha value is -3.14. The van der Waals surface area contributed by atoms with E-state index in [9.17, 15) is 10.1 Å². The van der Waals surface area contributed by atoms with Crippen molar-refractivity contribution in [2.75, 3.05) is 12.8 Å². The van der Waals surface area contributed by atoms with Crippen LogP contribution in [0.2, 0.25) is 0 Å². The van der Waals surface area contributed by atoms with Gasteiger partial charge in [-0.25, -0.2) is 4.98 Å². The van der Waals surface area contributed by atoms with E-state index in [1.165, 1.54) is 19.2 Å². The van der Waals surface area contributed by atoms with Gasteiger partial charge < -0.3 is 10.5 Å². The molecule has 0 atom stereocenters. The maximum absolute atomic E-state index is 10.9. The molecule has 1 heterocycles. The van der Waals surface area contributed by atoms with E-state index in [0.717, 1.165) is 0 Å². The first-order valence-corrected chi connectivity index (χ1v) is 5.55. The second-order valence-corrected chi connectivity index (χ2v) is 3.92. The predicted octanol–water partition coefficient (Wildman–Crippen LogP) is 2.12. The number of methoxy groups -OCH3 is 1. The van der Waals surface area contributed by atoms with Crippen LogP contribution in [-0.4, -0.2) is 17.0 Å². The monoisotopic (exact) mass is 270 g/mol. The van der Waals surface area contributed by atoms with E-state index < -0.39 is 4.92 Å². The molecular weight excluding hydrogens is 260 g/mol. The zero-order valence-electron chi connectivity index (χ0n) is 10.5. The number of nitrogens with two attached hydrogens (primary N) is 1. The molecule has 7 heteroatoms. The molecule has 20 heavy (non-hydrogen) atoms. The van der Waals surface area contributed by atoms with Crippen LogP contribution in [0.15, 0.2) is 30.3 Å². The number of pyridine rings is 1. The van der Waals surface area contributed by atoms with E-state index in [1.54, 1.807) is 18.2 Å². The Morgan fingerprint density at radius 1 is 1.40 bits per heavy atom. The largest absolute Gasteiger partial charge is 0.496 e. The Morgan fingerprint density at radius 2 is 2.15 bits per heavy atom. The Kier molecular flexibility index (Phi) is 3.48. The highest BCUT2D eigenvalue weighted by atomic mass is 16.6. The summed E-state index contributed by atoms with van der Waals surface area (Å²) in [6.07, 6.45) is 0. The lowest BCUT2D eigenvalue weighted by Crippen LogP contribution is -1.98. The topological polar surface area (TPSA) is 115 Å². The minimum Gasteiger partial charge on any atom is -0.496 e. The molecule has 0 unspecified atom stereocenters. The summed E-state index contributed by atoms with van der Waals surface area (Å²) in [5.74, 6) is 0.481. The number of hydrogen-bond donors (Lipinski definition) is 1. The molecule has 2 aromatic rings. The first-order chi connectivity index (χ1) is 9.55. The molecule has 0 bridgehead atoms. The maximum atomic E-state index is 10.9. The average molecular weight is 270 g/mol. The Balaban J connectivity index is 2.67. The summed E-state index contributed by atoms with van der Waals surface area (Å²) in [6.45, 7) is 0. The summed E-state index contributed by atoms with van der Waals surface area (Å²) in [5, 5.41) is 19.8. The molecule has 0 amide bonds. The molecule has 1 aromatic carbocycles. The normalized spacial score (nSPS) is 9.80. The van der Waals surface area contributed by atoms with Crippen molar-refractivity contribution in [2.24, 2.45) is 0 Å². The zero-order valence-corrected chi connectivity index (χ0v) is 10.5. The summed E-state index contributed by atoms with van der Waals surface area (Å²) < 4.78 is 5.18. The van der Waals surface area contributed by atoms with Crippen LogP contribution in [-0.2, 0) is 0 Å². The van der Waals surface area contributed by atoms with Crippen LogP contribution in [0.5, 0.6) is 5.75 Å². The van der Waals surface area contributed by atoms with Gasteiger partial charge in [-0.2, -0.15) is 5.26 Å². The molecule has 0 fully saturated rings. The van der Waals surface area contributed by atoms with E-state index in [1.807, 2.05) is 6.07 Å². The van der Waals surface area contributed by atoms with E-state index in [0.29, 0.717) is 16.9 Å². The second kappa shape index (κ2) is 5.24. The first kappa shape index (κ1) is 13.3. The fourth-order valence-corrected chi connectivity index (χ4v) is 1.76. The highest BCUT2D eigenvalue weighted by Crippen LogP contribution is 2.32.